The second-order valence-electron chi connectivity index (χ2n) is 8.09. The van der Waals surface area contributed by atoms with Crippen molar-refractivity contribution in [3.63, 3.8) is 0 Å². The number of amides is 3. The third-order valence-corrected chi connectivity index (χ3v) is 5.69. The minimum absolute atomic E-state index is 0.0210. The quantitative estimate of drug-likeness (QED) is 0.684. The van der Waals surface area contributed by atoms with E-state index in [1.54, 1.807) is 20.2 Å². The van der Waals surface area contributed by atoms with Crippen LogP contribution in [0.5, 0.6) is 5.75 Å². The molecule has 2 aromatic rings. The first kappa shape index (κ1) is 21.1. The van der Waals surface area contributed by atoms with Crippen molar-refractivity contribution >= 4 is 23.3 Å². The number of rotatable bonds is 5. The minimum Gasteiger partial charge on any atom is -0.487 e. The van der Waals surface area contributed by atoms with E-state index in [1.165, 1.54) is 4.90 Å². The number of aliphatic hydroxyl groups is 1. The first-order valence-corrected chi connectivity index (χ1v) is 10.3. The third kappa shape index (κ3) is 4.65. The molecule has 2 aromatic carbocycles. The van der Waals surface area contributed by atoms with Gasteiger partial charge in [0.1, 0.15) is 18.0 Å². The smallest absolute Gasteiger partial charge is 0.323 e. The fourth-order valence-corrected chi connectivity index (χ4v) is 4.16. The number of hydrogen-bond acceptors (Lipinski definition) is 5. The van der Waals surface area contributed by atoms with E-state index in [-0.39, 0.29) is 43.1 Å². The Bertz CT molecular complexity index is 949. The van der Waals surface area contributed by atoms with Gasteiger partial charge in [-0.25, -0.2) is 4.79 Å². The fourth-order valence-electron chi connectivity index (χ4n) is 4.16. The minimum atomic E-state index is -0.510. The van der Waals surface area contributed by atoms with Crippen molar-refractivity contribution < 1.29 is 24.2 Å². The van der Waals surface area contributed by atoms with Gasteiger partial charge in [0, 0.05) is 37.0 Å². The van der Waals surface area contributed by atoms with Crippen molar-refractivity contribution in [1.82, 2.24) is 4.90 Å². The van der Waals surface area contributed by atoms with Gasteiger partial charge in [0.05, 0.1) is 19.1 Å². The number of fused-ring (bicyclic) bond motifs is 3. The summed E-state index contributed by atoms with van der Waals surface area (Å²) >= 11 is 0. The molecule has 2 aliphatic heterocycles. The highest BCUT2D eigenvalue weighted by Gasteiger charge is 2.46. The lowest BCUT2D eigenvalue weighted by Gasteiger charge is -2.37. The summed E-state index contributed by atoms with van der Waals surface area (Å²) in [4.78, 5) is 26.1. The lowest BCUT2D eigenvalue weighted by atomic mass is 9.84. The maximum absolute atomic E-state index is 12.4. The van der Waals surface area contributed by atoms with Crippen LogP contribution < -0.4 is 15.4 Å². The van der Waals surface area contributed by atoms with Crippen LogP contribution in [0.3, 0.4) is 0 Å². The lowest BCUT2D eigenvalue weighted by molar-refractivity contribution is -0.147. The van der Waals surface area contributed by atoms with E-state index < -0.39 is 6.10 Å². The zero-order valence-corrected chi connectivity index (χ0v) is 17.6. The second kappa shape index (κ2) is 8.95. The van der Waals surface area contributed by atoms with Crippen LogP contribution in [0.15, 0.2) is 48.5 Å². The summed E-state index contributed by atoms with van der Waals surface area (Å²) in [6.45, 7) is -0.188. The Balaban J connectivity index is 1.49. The van der Waals surface area contributed by atoms with E-state index in [1.807, 2.05) is 42.5 Å². The average molecular weight is 425 g/mol. The molecule has 164 valence electrons. The van der Waals surface area contributed by atoms with Gasteiger partial charge in [-0.05, 0) is 36.8 Å². The van der Waals surface area contributed by atoms with Crippen LogP contribution in [-0.2, 0) is 9.53 Å². The van der Waals surface area contributed by atoms with Gasteiger partial charge >= 0.3 is 6.03 Å². The molecule has 0 saturated carbocycles. The number of carbonyl (C=O) groups is 2. The van der Waals surface area contributed by atoms with Crippen molar-refractivity contribution in [2.24, 2.45) is 0 Å². The van der Waals surface area contributed by atoms with E-state index in [0.717, 1.165) is 5.56 Å². The molecule has 3 N–H and O–H groups in total. The van der Waals surface area contributed by atoms with Crippen molar-refractivity contribution in [2.45, 2.75) is 37.1 Å². The molecule has 4 rings (SSSR count). The van der Waals surface area contributed by atoms with Crippen LogP contribution in [0.4, 0.5) is 16.2 Å². The standard InChI is InChI=1S/C23H27N3O5/c1-26(2)21(28)12-16-11-18-17-10-15(25-23(29)24-14-6-4-3-5-7-14)8-9-19(17)31-22(18)20(13-27)30-16/h3-10,16,18,20,22,27H,11-13H2,1-2H3,(H2,24,25,29)/t16-,18-,20-,22+/m0/s1. The van der Waals surface area contributed by atoms with Gasteiger partial charge in [-0.2, -0.15) is 0 Å². The molecule has 1 saturated heterocycles. The molecule has 8 heteroatoms. The summed E-state index contributed by atoms with van der Waals surface area (Å²) < 4.78 is 12.0. The maximum Gasteiger partial charge on any atom is 0.323 e. The first-order chi connectivity index (χ1) is 14.9. The molecule has 0 bridgehead atoms. The normalized spacial score (nSPS) is 23.8. The molecule has 0 aliphatic carbocycles. The van der Waals surface area contributed by atoms with E-state index in [9.17, 15) is 14.7 Å². The van der Waals surface area contributed by atoms with Crippen molar-refractivity contribution in [3.05, 3.63) is 54.1 Å². The van der Waals surface area contributed by atoms with Gasteiger partial charge in [0.25, 0.3) is 0 Å². The molecular weight excluding hydrogens is 398 g/mol. The first-order valence-electron chi connectivity index (χ1n) is 10.3. The molecule has 0 unspecified atom stereocenters. The number of urea groups is 1. The van der Waals surface area contributed by atoms with Crippen LogP contribution in [0.25, 0.3) is 0 Å². The molecule has 0 radical (unpaired) electrons. The lowest BCUT2D eigenvalue weighted by Crippen LogP contribution is -2.47. The van der Waals surface area contributed by atoms with Crippen LogP contribution in [-0.4, -0.2) is 61.0 Å². The zero-order valence-electron chi connectivity index (χ0n) is 17.6. The molecular formula is C23H27N3O5. The fraction of sp³-hybridized carbons (Fsp3) is 0.391. The highest BCUT2D eigenvalue weighted by molar-refractivity contribution is 5.99. The number of hydrogen-bond donors (Lipinski definition) is 3. The molecule has 2 heterocycles. The third-order valence-electron chi connectivity index (χ3n) is 5.69. The van der Waals surface area contributed by atoms with Gasteiger partial charge in [-0.15, -0.1) is 0 Å². The monoisotopic (exact) mass is 425 g/mol. The Morgan fingerprint density at radius 1 is 1.10 bits per heavy atom. The Morgan fingerprint density at radius 3 is 2.55 bits per heavy atom. The maximum atomic E-state index is 12.4. The van der Waals surface area contributed by atoms with Crippen molar-refractivity contribution in [2.75, 3.05) is 31.3 Å². The number of benzene rings is 2. The molecule has 0 spiro atoms. The van der Waals surface area contributed by atoms with Crippen LogP contribution in [0.2, 0.25) is 0 Å². The Kier molecular flexibility index (Phi) is 6.11. The predicted octanol–water partition coefficient (Wildman–Crippen LogP) is 2.80. The number of nitrogens with one attached hydrogen (secondary N) is 2. The number of carbonyl (C=O) groups excluding carboxylic acids is 2. The van der Waals surface area contributed by atoms with Crippen LogP contribution in [0.1, 0.15) is 24.3 Å². The zero-order chi connectivity index (χ0) is 22.0. The number of nitrogens with zero attached hydrogens (tertiary/aromatic N) is 1. The van der Waals surface area contributed by atoms with Gasteiger partial charge in [0.2, 0.25) is 5.91 Å². The largest absolute Gasteiger partial charge is 0.487 e. The molecule has 8 nitrogen and oxygen atoms in total. The van der Waals surface area contributed by atoms with E-state index in [0.29, 0.717) is 23.5 Å². The summed E-state index contributed by atoms with van der Waals surface area (Å²) in [5, 5.41) is 15.5. The Labute approximate surface area is 181 Å². The summed E-state index contributed by atoms with van der Waals surface area (Å²) in [6.07, 6.45) is -0.281. The Hall–Kier alpha value is -3.10. The molecule has 3 amide bonds. The van der Waals surface area contributed by atoms with Gasteiger partial charge < -0.3 is 30.1 Å². The van der Waals surface area contributed by atoms with Gasteiger partial charge in [0.15, 0.2) is 0 Å². The summed E-state index contributed by atoms with van der Waals surface area (Å²) in [5.41, 5.74) is 2.30. The topological polar surface area (TPSA) is 100 Å². The average Bonchev–Trinajstić information content (AvgIpc) is 3.11. The number of ether oxygens (including phenoxy) is 2. The SMILES string of the molecule is CN(C)C(=O)C[C@@H]1C[C@H]2c3cc(NC(=O)Nc4ccccc4)ccc3O[C@H]2[C@H](CO)O1. The van der Waals surface area contributed by atoms with Crippen LogP contribution >= 0.6 is 0 Å². The number of aliphatic hydroxyl groups excluding tert-OH is 1. The number of anilines is 2. The molecule has 2 aliphatic rings. The molecule has 4 atom stereocenters. The van der Waals surface area contributed by atoms with Gasteiger partial charge in [-0.3, -0.25) is 4.79 Å². The van der Waals surface area contributed by atoms with Crippen molar-refractivity contribution in [3.8, 4) is 5.75 Å². The van der Waals surface area contributed by atoms with Crippen molar-refractivity contribution in [1.29, 1.82) is 0 Å². The summed E-state index contributed by atoms with van der Waals surface area (Å²) in [5.74, 6) is 0.665. The Morgan fingerprint density at radius 2 is 1.84 bits per heavy atom. The van der Waals surface area contributed by atoms with E-state index in [2.05, 4.69) is 10.6 Å². The second-order valence-corrected chi connectivity index (χ2v) is 8.09. The number of para-hydroxylation sites is 1. The summed E-state index contributed by atoms with van der Waals surface area (Å²) in [7, 11) is 3.42. The molecule has 0 aromatic heterocycles. The highest BCUT2D eigenvalue weighted by Crippen LogP contribution is 2.47. The van der Waals surface area contributed by atoms with Gasteiger partial charge in [-0.1, -0.05) is 18.2 Å². The predicted molar refractivity (Wildman–Crippen MR) is 116 cm³/mol. The van der Waals surface area contributed by atoms with E-state index in [4.69, 9.17) is 9.47 Å². The summed E-state index contributed by atoms with van der Waals surface area (Å²) in [6, 6.07) is 14.4. The molecule has 1 fully saturated rings. The van der Waals surface area contributed by atoms with Crippen LogP contribution in [0, 0.1) is 0 Å². The highest BCUT2D eigenvalue weighted by atomic mass is 16.6. The molecule has 31 heavy (non-hydrogen) atoms. The van der Waals surface area contributed by atoms with E-state index >= 15 is 0 Å².